The highest BCUT2D eigenvalue weighted by Crippen LogP contribution is 2.44. The van der Waals surface area contributed by atoms with Gasteiger partial charge >= 0.3 is 5.97 Å². The molecule has 0 fully saturated rings. The average molecular weight is 567 g/mol. The van der Waals surface area contributed by atoms with Crippen molar-refractivity contribution in [1.29, 1.82) is 0 Å². The van der Waals surface area contributed by atoms with E-state index in [9.17, 15) is 9.90 Å². The third-order valence-electron chi connectivity index (χ3n) is 9.67. The molecule has 0 saturated heterocycles. The lowest BCUT2D eigenvalue weighted by atomic mass is 9.69. The predicted molar refractivity (Wildman–Crippen MR) is 165 cm³/mol. The van der Waals surface area contributed by atoms with Gasteiger partial charge in [0.15, 0.2) is 0 Å². The van der Waals surface area contributed by atoms with Crippen LogP contribution in [0.1, 0.15) is 84.0 Å². The van der Waals surface area contributed by atoms with Crippen LogP contribution in [-0.2, 0) is 37.8 Å². The maximum atomic E-state index is 12.7. The quantitative estimate of drug-likeness (QED) is 0.275. The molecule has 1 unspecified atom stereocenters. The molecule has 0 amide bonds. The van der Waals surface area contributed by atoms with Crippen LogP contribution in [0.4, 0.5) is 0 Å². The number of hydrogen-bond donors (Lipinski definition) is 1. The molecule has 1 aliphatic carbocycles. The summed E-state index contributed by atoms with van der Waals surface area (Å²) < 4.78 is 8.43. The lowest BCUT2D eigenvalue weighted by Gasteiger charge is -2.33. The summed E-state index contributed by atoms with van der Waals surface area (Å²) >= 11 is 0. The van der Waals surface area contributed by atoms with Crippen molar-refractivity contribution in [2.24, 2.45) is 12.5 Å². The van der Waals surface area contributed by atoms with Crippen LogP contribution < -0.4 is 4.74 Å². The molecule has 2 atom stereocenters. The summed E-state index contributed by atoms with van der Waals surface area (Å²) in [5.41, 5.74) is 10.2. The largest absolute Gasteiger partial charge is 0.488 e. The molecule has 0 radical (unpaired) electrons. The zero-order chi connectivity index (χ0) is 29.8. The zero-order valence-corrected chi connectivity index (χ0v) is 25.7. The molecule has 4 aromatic rings. The van der Waals surface area contributed by atoms with E-state index in [0.29, 0.717) is 0 Å². The van der Waals surface area contributed by atoms with E-state index in [1.807, 2.05) is 33.9 Å². The lowest BCUT2D eigenvalue weighted by Crippen LogP contribution is -2.33. The molecule has 0 spiro atoms. The molecule has 7 heteroatoms. The van der Waals surface area contributed by atoms with Crippen molar-refractivity contribution in [2.75, 3.05) is 6.54 Å². The summed E-state index contributed by atoms with van der Waals surface area (Å²) in [6.45, 7) is 12.5. The Hall–Kier alpha value is -3.71. The fourth-order valence-electron chi connectivity index (χ4n) is 7.03. The molecular weight excluding hydrogens is 524 g/mol. The number of ether oxygens (including phenoxy) is 1. The normalized spacial score (nSPS) is 17.9. The predicted octanol–water partition coefficient (Wildman–Crippen LogP) is 6.49. The van der Waals surface area contributed by atoms with E-state index in [2.05, 4.69) is 65.5 Å². The van der Waals surface area contributed by atoms with Crippen LogP contribution in [0.15, 0.2) is 42.5 Å². The van der Waals surface area contributed by atoms with Crippen molar-refractivity contribution in [2.45, 2.75) is 85.4 Å². The van der Waals surface area contributed by atoms with Crippen molar-refractivity contribution in [1.82, 2.24) is 19.9 Å². The van der Waals surface area contributed by atoms with E-state index in [1.54, 1.807) is 4.68 Å². The molecule has 2 aliphatic rings. The van der Waals surface area contributed by atoms with Crippen LogP contribution in [0, 0.1) is 19.3 Å². The van der Waals surface area contributed by atoms with Gasteiger partial charge in [0.2, 0.25) is 0 Å². The Balaban J connectivity index is 1.39. The Morgan fingerprint density at radius 2 is 1.90 bits per heavy atom. The number of carboxylic acid groups (broad SMARTS) is 1. The molecule has 1 N–H and O–H groups in total. The first kappa shape index (κ1) is 28.4. The fraction of sp³-hybridized carbons (Fsp3) is 0.457. The second-order valence-corrected chi connectivity index (χ2v) is 12.9. The first-order valence-electron chi connectivity index (χ1n) is 15.2. The third kappa shape index (κ3) is 4.87. The minimum Gasteiger partial charge on any atom is -0.488 e. The van der Waals surface area contributed by atoms with Crippen LogP contribution in [0.25, 0.3) is 11.0 Å². The summed E-state index contributed by atoms with van der Waals surface area (Å²) in [5, 5.41) is 19.0. The van der Waals surface area contributed by atoms with E-state index in [1.165, 1.54) is 34.2 Å². The van der Waals surface area contributed by atoms with Crippen molar-refractivity contribution in [3.63, 3.8) is 0 Å². The maximum Gasteiger partial charge on any atom is 0.310 e. The van der Waals surface area contributed by atoms with Gasteiger partial charge in [-0.2, -0.15) is 0 Å². The molecule has 7 nitrogen and oxygen atoms in total. The second kappa shape index (κ2) is 10.8. The van der Waals surface area contributed by atoms with Crippen LogP contribution in [0.2, 0.25) is 0 Å². The zero-order valence-electron chi connectivity index (χ0n) is 25.7. The van der Waals surface area contributed by atoms with Gasteiger partial charge in [-0.25, -0.2) is 4.68 Å². The van der Waals surface area contributed by atoms with Crippen molar-refractivity contribution in [3.8, 4) is 5.75 Å². The van der Waals surface area contributed by atoms with Crippen LogP contribution >= 0.6 is 0 Å². The first-order valence-corrected chi connectivity index (χ1v) is 15.2. The first-order chi connectivity index (χ1) is 20.1. The lowest BCUT2D eigenvalue weighted by molar-refractivity contribution is -0.147. The van der Waals surface area contributed by atoms with Gasteiger partial charge in [0.05, 0.1) is 10.9 Å². The molecule has 1 aliphatic heterocycles. The summed E-state index contributed by atoms with van der Waals surface area (Å²) in [7, 11) is 1.88. The van der Waals surface area contributed by atoms with Crippen molar-refractivity contribution < 1.29 is 14.6 Å². The van der Waals surface area contributed by atoms with Gasteiger partial charge < -0.3 is 9.84 Å². The molecule has 2 heterocycles. The minimum atomic E-state index is -1.05. The smallest absolute Gasteiger partial charge is 0.310 e. The Morgan fingerprint density at radius 1 is 1.12 bits per heavy atom. The minimum absolute atomic E-state index is 0.141. The molecule has 3 aromatic carbocycles. The van der Waals surface area contributed by atoms with Gasteiger partial charge in [-0.1, -0.05) is 48.5 Å². The number of nitrogens with zero attached hydrogens (tertiary/aromatic N) is 4. The maximum absolute atomic E-state index is 12.7. The number of hydrogen-bond acceptors (Lipinski definition) is 5. The van der Waals surface area contributed by atoms with Crippen LogP contribution in [0.3, 0.4) is 0 Å². The summed E-state index contributed by atoms with van der Waals surface area (Å²) in [4.78, 5) is 15.2. The Kier molecular flexibility index (Phi) is 7.34. The molecule has 6 rings (SSSR count). The number of rotatable bonds is 7. The number of fused-ring (bicyclic) bond motifs is 4. The topological polar surface area (TPSA) is 80.5 Å². The van der Waals surface area contributed by atoms with E-state index in [-0.39, 0.29) is 12.0 Å². The number of aryl methyl sites for hydroxylation is 4. The monoisotopic (exact) mass is 566 g/mol. The van der Waals surface area contributed by atoms with E-state index < -0.39 is 11.4 Å². The highest BCUT2D eigenvalue weighted by atomic mass is 16.5. The molecule has 220 valence electrons. The number of aromatic nitrogens is 3. The number of aliphatic carboxylic acids is 1. The fourth-order valence-corrected chi connectivity index (χ4v) is 7.03. The molecule has 1 aromatic heterocycles. The van der Waals surface area contributed by atoms with Gasteiger partial charge in [-0.3, -0.25) is 9.69 Å². The SMILES string of the molecule is CC[C@@H]1CN(Cc2cc(C(c3ccc4c(nnn4C)c3C)C(C)(C)C(=O)O)ccc2C)Cc2ccc3c(c2O1)CCC3. The summed E-state index contributed by atoms with van der Waals surface area (Å²) in [6, 6.07) is 15.1. The third-order valence-corrected chi connectivity index (χ3v) is 9.67. The molecular formula is C35H42N4O3. The summed E-state index contributed by atoms with van der Waals surface area (Å²) in [5.74, 6) is -0.0595. The average Bonchev–Trinajstić information content (AvgIpc) is 3.54. The van der Waals surface area contributed by atoms with Crippen molar-refractivity contribution >= 4 is 17.0 Å². The number of carboxylic acids is 1. The van der Waals surface area contributed by atoms with E-state index in [4.69, 9.17) is 4.74 Å². The summed E-state index contributed by atoms with van der Waals surface area (Å²) in [6.07, 6.45) is 4.56. The number of carbonyl (C=O) groups is 1. The Morgan fingerprint density at radius 3 is 2.67 bits per heavy atom. The Bertz CT molecular complexity index is 1670. The van der Waals surface area contributed by atoms with Gasteiger partial charge in [0.25, 0.3) is 0 Å². The van der Waals surface area contributed by atoms with Gasteiger partial charge in [-0.15, -0.1) is 5.10 Å². The molecule has 0 bridgehead atoms. The standard InChI is InChI=1S/C35H42N4O3/c1-7-27-20-39(18-25-14-13-23-9-8-10-29(23)33(25)42-27)19-26-17-24(12-11-21(26)2)31(35(4,5)34(40)41)28-15-16-30-32(22(28)3)36-37-38(30)6/h11-17,27,31H,7-10,18-20H2,1-6H3,(H,40,41)/t27-,31?/m1/s1. The molecule has 0 saturated carbocycles. The Labute approximate surface area is 248 Å². The number of benzene rings is 3. The second-order valence-electron chi connectivity index (χ2n) is 12.9. The highest BCUT2D eigenvalue weighted by molar-refractivity contribution is 5.81. The van der Waals surface area contributed by atoms with E-state index in [0.717, 1.165) is 72.4 Å². The molecule has 42 heavy (non-hydrogen) atoms. The van der Waals surface area contributed by atoms with Gasteiger partial charge in [0, 0.05) is 38.2 Å². The van der Waals surface area contributed by atoms with Crippen LogP contribution in [0.5, 0.6) is 5.75 Å². The van der Waals surface area contributed by atoms with Crippen molar-refractivity contribution in [3.05, 3.63) is 87.0 Å². The highest BCUT2D eigenvalue weighted by Gasteiger charge is 2.40. The van der Waals surface area contributed by atoms with Crippen LogP contribution in [-0.4, -0.2) is 43.6 Å². The van der Waals surface area contributed by atoms with Gasteiger partial charge in [0.1, 0.15) is 17.4 Å². The van der Waals surface area contributed by atoms with Gasteiger partial charge in [-0.05, 0) is 98.4 Å². The van der Waals surface area contributed by atoms with E-state index >= 15 is 0 Å².